The summed E-state index contributed by atoms with van der Waals surface area (Å²) in [4.78, 5) is 16.9. The third-order valence-corrected chi connectivity index (χ3v) is 3.67. The minimum absolute atomic E-state index is 0.0500. The van der Waals surface area contributed by atoms with Crippen LogP contribution in [0.2, 0.25) is 0 Å². The number of thiazole rings is 1. The van der Waals surface area contributed by atoms with Crippen molar-refractivity contribution < 1.29 is 4.79 Å². The van der Waals surface area contributed by atoms with Crippen LogP contribution in [0.3, 0.4) is 0 Å². The van der Waals surface area contributed by atoms with Gasteiger partial charge in [-0.25, -0.2) is 4.98 Å². The molecular weight excluding hydrogens is 246 g/mol. The highest BCUT2D eigenvalue weighted by Crippen LogP contribution is 2.15. The minimum Gasteiger partial charge on any atom is -0.347 e. The predicted octanol–water partition coefficient (Wildman–Crippen LogP) is 2.20. The van der Waals surface area contributed by atoms with Gasteiger partial charge in [0, 0.05) is 12.6 Å². The third-order valence-electron chi connectivity index (χ3n) is 2.62. The first-order valence-electron chi connectivity index (χ1n) is 6.52. The molecule has 1 aromatic rings. The van der Waals surface area contributed by atoms with Gasteiger partial charge in [0.05, 0.1) is 11.2 Å². The highest BCUT2D eigenvalue weighted by molar-refractivity contribution is 7.13. The number of aromatic nitrogens is 1. The zero-order valence-electron chi connectivity index (χ0n) is 11.4. The van der Waals surface area contributed by atoms with E-state index in [4.69, 9.17) is 5.73 Å². The normalized spacial score (nSPS) is 12.7. The van der Waals surface area contributed by atoms with Crippen molar-refractivity contribution in [3.8, 4) is 0 Å². The topological polar surface area (TPSA) is 68.0 Å². The van der Waals surface area contributed by atoms with Crippen molar-refractivity contribution in [1.29, 1.82) is 0 Å². The molecule has 1 heterocycles. The van der Waals surface area contributed by atoms with E-state index in [2.05, 4.69) is 31.1 Å². The number of carbonyl (C=O) groups is 1. The summed E-state index contributed by atoms with van der Waals surface area (Å²) in [5.41, 5.74) is 5.67. The van der Waals surface area contributed by atoms with Crippen molar-refractivity contribution in [2.45, 2.75) is 46.1 Å². The van der Waals surface area contributed by atoms with Gasteiger partial charge in [0.15, 0.2) is 0 Å². The van der Waals surface area contributed by atoms with Gasteiger partial charge in [-0.05, 0) is 25.2 Å². The minimum atomic E-state index is -0.0500. The summed E-state index contributed by atoms with van der Waals surface area (Å²) in [6, 6.07) is 0.0502. The Hall–Kier alpha value is -0.940. The number of hydrogen-bond acceptors (Lipinski definition) is 4. The van der Waals surface area contributed by atoms with Crippen LogP contribution in [0.15, 0.2) is 6.20 Å². The lowest BCUT2D eigenvalue weighted by Gasteiger charge is -2.18. The Morgan fingerprint density at radius 2 is 2.28 bits per heavy atom. The monoisotopic (exact) mass is 269 g/mol. The van der Waals surface area contributed by atoms with Crippen LogP contribution in [-0.2, 0) is 6.42 Å². The van der Waals surface area contributed by atoms with Gasteiger partial charge in [-0.15, -0.1) is 11.3 Å². The Bertz CT molecular complexity index is 376. The van der Waals surface area contributed by atoms with Gasteiger partial charge in [-0.3, -0.25) is 4.79 Å². The van der Waals surface area contributed by atoms with Crippen molar-refractivity contribution in [1.82, 2.24) is 10.3 Å². The molecule has 0 aliphatic carbocycles. The molecule has 102 valence electrons. The summed E-state index contributed by atoms with van der Waals surface area (Å²) >= 11 is 1.47. The average molecular weight is 269 g/mol. The fourth-order valence-corrected chi connectivity index (χ4v) is 2.71. The summed E-state index contributed by atoms with van der Waals surface area (Å²) in [7, 11) is 0. The fraction of sp³-hybridized carbons (Fsp3) is 0.692. The second-order valence-corrected chi connectivity index (χ2v) is 6.02. The van der Waals surface area contributed by atoms with Crippen molar-refractivity contribution in [3.05, 3.63) is 16.1 Å². The molecule has 0 aliphatic heterocycles. The van der Waals surface area contributed by atoms with E-state index >= 15 is 0 Å². The molecule has 1 unspecified atom stereocenters. The lowest BCUT2D eigenvalue weighted by molar-refractivity contribution is 0.0937. The predicted molar refractivity (Wildman–Crippen MR) is 75.9 cm³/mol. The average Bonchev–Trinajstić information content (AvgIpc) is 2.76. The van der Waals surface area contributed by atoms with Gasteiger partial charge in [0.2, 0.25) is 0 Å². The van der Waals surface area contributed by atoms with E-state index in [0.717, 1.165) is 24.3 Å². The number of hydrogen-bond donors (Lipinski definition) is 2. The van der Waals surface area contributed by atoms with E-state index in [1.54, 1.807) is 6.20 Å². The quantitative estimate of drug-likeness (QED) is 0.797. The van der Waals surface area contributed by atoms with Gasteiger partial charge in [0.1, 0.15) is 4.88 Å². The van der Waals surface area contributed by atoms with Crippen LogP contribution in [0.4, 0.5) is 0 Å². The van der Waals surface area contributed by atoms with Crippen LogP contribution in [0.25, 0.3) is 0 Å². The molecule has 1 aromatic heterocycles. The van der Waals surface area contributed by atoms with Crippen molar-refractivity contribution in [2.24, 2.45) is 11.7 Å². The van der Waals surface area contributed by atoms with Crippen molar-refractivity contribution >= 4 is 17.2 Å². The summed E-state index contributed by atoms with van der Waals surface area (Å²) in [5, 5.41) is 4.00. The van der Waals surface area contributed by atoms with Gasteiger partial charge < -0.3 is 11.1 Å². The van der Waals surface area contributed by atoms with Gasteiger partial charge in [-0.2, -0.15) is 0 Å². The number of amides is 1. The first-order chi connectivity index (χ1) is 8.56. The molecule has 0 aliphatic rings. The molecule has 0 radical (unpaired) electrons. The maximum Gasteiger partial charge on any atom is 0.263 e. The molecule has 1 amide bonds. The fourth-order valence-electron chi connectivity index (χ4n) is 1.78. The Kier molecular flexibility index (Phi) is 6.29. The van der Waals surface area contributed by atoms with E-state index in [0.29, 0.717) is 17.3 Å². The number of nitrogens with zero attached hydrogens (tertiary/aromatic N) is 1. The zero-order valence-corrected chi connectivity index (χ0v) is 12.2. The van der Waals surface area contributed by atoms with Gasteiger partial charge >= 0.3 is 0 Å². The van der Waals surface area contributed by atoms with E-state index in [-0.39, 0.29) is 11.9 Å². The maximum atomic E-state index is 12.0. The van der Waals surface area contributed by atoms with Crippen LogP contribution in [-0.4, -0.2) is 23.5 Å². The molecule has 18 heavy (non-hydrogen) atoms. The van der Waals surface area contributed by atoms with E-state index in [1.165, 1.54) is 11.3 Å². The SMILES string of the molecule is CCCc1ncc(C(=O)NC(CN)CC(C)C)s1. The van der Waals surface area contributed by atoms with Crippen LogP contribution in [0.5, 0.6) is 0 Å². The van der Waals surface area contributed by atoms with Crippen molar-refractivity contribution in [3.63, 3.8) is 0 Å². The molecule has 0 saturated heterocycles. The Balaban J connectivity index is 2.57. The molecule has 0 spiro atoms. The van der Waals surface area contributed by atoms with Crippen LogP contribution in [0, 0.1) is 5.92 Å². The molecule has 0 aromatic carbocycles. The Labute approximate surface area is 113 Å². The maximum absolute atomic E-state index is 12.0. The van der Waals surface area contributed by atoms with E-state index in [9.17, 15) is 4.79 Å². The molecule has 0 bridgehead atoms. The number of nitrogens with one attached hydrogen (secondary N) is 1. The summed E-state index contributed by atoms with van der Waals surface area (Å²) in [5.74, 6) is 0.474. The second kappa shape index (κ2) is 7.48. The number of carbonyl (C=O) groups excluding carboxylic acids is 1. The van der Waals surface area contributed by atoms with Crippen LogP contribution < -0.4 is 11.1 Å². The molecule has 5 heteroatoms. The lowest BCUT2D eigenvalue weighted by atomic mass is 10.0. The second-order valence-electron chi connectivity index (χ2n) is 4.90. The zero-order chi connectivity index (χ0) is 13.5. The lowest BCUT2D eigenvalue weighted by Crippen LogP contribution is -2.40. The standard InChI is InChI=1S/C13H23N3OS/c1-4-5-12-15-8-11(18-12)13(17)16-10(7-14)6-9(2)3/h8-10H,4-7,14H2,1-3H3,(H,16,17). The number of rotatable bonds is 7. The van der Waals surface area contributed by atoms with Crippen LogP contribution in [0.1, 0.15) is 48.3 Å². The Morgan fingerprint density at radius 1 is 1.56 bits per heavy atom. The molecule has 1 rings (SSSR count). The highest BCUT2D eigenvalue weighted by Gasteiger charge is 2.15. The van der Waals surface area contributed by atoms with Gasteiger partial charge in [-0.1, -0.05) is 20.8 Å². The summed E-state index contributed by atoms with van der Waals surface area (Å²) in [6.45, 7) is 6.83. The molecule has 0 fully saturated rings. The van der Waals surface area contributed by atoms with E-state index in [1.807, 2.05) is 0 Å². The first-order valence-corrected chi connectivity index (χ1v) is 7.34. The molecule has 1 atom stereocenters. The van der Waals surface area contributed by atoms with Crippen LogP contribution >= 0.6 is 11.3 Å². The third kappa shape index (κ3) is 4.74. The molecule has 4 nitrogen and oxygen atoms in total. The Morgan fingerprint density at radius 3 is 2.83 bits per heavy atom. The van der Waals surface area contributed by atoms with Crippen molar-refractivity contribution in [2.75, 3.05) is 6.54 Å². The van der Waals surface area contributed by atoms with Gasteiger partial charge in [0.25, 0.3) is 5.91 Å². The molecule has 3 N–H and O–H groups in total. The molecular formula is C13H23N3OS. The molecule has 0 saturated carbocycles. The summed E-state index contributed by atoms with van der Waals surface area (Å²) in [6.07, 6.45) is 4.55. The van der Waals surface area contributed by atoms with E-state index < -0.39 is 0 Å². The highest BCUT2D eigenvalue weighted by atomic mass is 32.1. The first kappa shape index (κ1) is 15.1. The smallest absolute Gasteiger partial charge is 0.263 e. The number of nitrogens with two attached hydrogens (primary N) is 1. The largest absolute Gasteiger partial charge is 0.347 e. The summed E-state index contributed by atoms with van der Waals surface area (Å²) < 4.78 is 0. The number of aryl methyl sites for hydroxylation is 1.